The third-order valence-electron chi connectivity index (χ3n) is 12.3. The van der Waals surface area contributed by atoms with Gasteiger partial charge >= 0.3 is 11.9 Å². The van der Waals surface area contributed by atoms with Gasteiger partial charge in [0.15, 0.2) is 12.4 Å². The molecule has 382 valence electrons. The Bertz CT molecular complexity index is 1290. The van der Waals surface area contributed by atoms with Gasteiger partial charge in [-0.1, -0.05) is 205 Å². The van der Waals surface area contributed by atoms with Crippen LogP contribution in [0.25, 0.3) is 0 Å². The number of aliphatic hydroxyl groups is 3. The van der Waals surface area contributed by atoms with Gasteiger partial charge in [-0.2, -0.15) is 8.42 Å². The predicted octanol–water partition coefficient (Wildman–Crippen LogP) is 12.0. The molecule has 0 radical (unpaired) electrons. The van der Waals surface area contributed by atoms with E-state index >= 15 is 0 Å². The first-order chi connectivity index (χ1) is 31.5. The van der Waals surface area contributed by atoms with E-state index in [2.05, 4.69) is 38.2 Å². The van der Waals surface area contributed by atoms with E-state index in [0.29, 0.717) is 12.8 Å². The number of esters is 2. The second kappa shape index (κ2) is 42.2. The number of ether oxygens (including phenoxy) is 4. The van der Waals surface area contributed by atoms with Crippen LogP contribution in [0.2, 0.25) is 0 Å². The highest BCUT2D eigenvalue weighted by Gasteiger charge is 2.46. The quantitative estimate of drug-likeness (QED) is 0.0196. The molecule has 1 saturated heterocycles. The maximum atomic E-state index is 12.8. The molecule has 0 saturated carbocycles. The Balaban J connectivity index is 2.33. The molecule has 6 atom stereocenters. The number of unbranched alkanes of at least 4 members (excludes halogenated alkanes) is 29. The van der Waals surface area contributed by atoms with Crippen LogP contribution < -0.4 is 0 Å². The lowest BCUT2D eigenvalue weighted by Gasteiger charge is -2.40. The van der Waals surface area contributed by atoms with Crippen LogP contribution in [-0.4, -0.2) is 96.0 Å². The Morgan fingerprint density at radius 3 is 1.38 bits per heavy atom. The summed E-state index contributed by atoms with van der Waals surface area (Å²) in [5, 5.41) is 31.0. The summed E-state index contributed by atoms with van der Waals surface area (Å²) in [6, 6.07) is 0. The van der Waals surface area contributed by atoms with Gasteiger partial charge in [-0.15, -0.1) is 0 Å². The van der Waals surface area contributed by atoms with Crippen molar-refractivity contribution in [3.05, 3.63) is 24.3 Å². The lowest BCUT2D eigenvalue weighted by atomic mass is 10.00. The SMILES string of the molecule is CCCCC/C=C/C/C=C/CCCCCCCC(=O)O[C@H](COC(=O)CCCCCCCCCCCCCCCCCCCCCCCC)CO[C@H]1O[C@H](CS(=O)(=O)O)[C@@H](O)C(O)C1O. The average molecular weight is 945 g/mol. The summed E-state index contributed by atoms with van der Waals surface area (Å²) in [6.45, 7) is 3.76. The first kappa shape index (κ1) is 61.1. The largest absolute Gasteiger partial charge is 0.462 e. The Morgan fingerprint density at radius 1 is 0.523 bits per heavy atom. The summed E-state index contributed by atoms with van der Waals surface area (Å²) in [4.78, 5) is 25.5. The predicted molar refractivity (Wildman–Crippen MR) is 261 cm³/mol. The van der Waals surface area contributed by atoms with Gasteiger partial charge in [0, 0.05) is 12.8 Å². The van der Waals surface area contributed by atoms with Crippen molar-refractivity contribution >= 4 is 22.1 Å². The molecular formula is C52H96O12S. The summed E-state index contributed by atoms with van der Waals surface area (Å²) in [5.41, 5.74) is 0. The van der Waals surface area contributed by atoms with Crippen molar-refractivity contribution in [1.29, 1.82) is 0 Å². The van der Waals surface area contributed by atoms with E-state index in [4.69, 9.17) is 18.9 Å². The Hall–Kier alpha value is -1.87. The van der Waals surface area contributed by atoms with Gasteiger partial charge in [0.2, 0.25) is 0 Å². The molecule has 0 amide bonds. The van der Waals surface area contributed by atoms with Gasteiger partial charge in [0.1, 0.15) is 36.8 Å². The van der Waals surface area contributed by atoms with E-state index in [1.165, 1.54) is 135 Å². The van der Waals surface area contributed by atoms with Crippen molar-refractivity contribution in [2.45, 2.75) is 275 Å². The molecule has 2 unspecified atom stereocenters. The number of carbonyl (C=O) groups excluding carboxylic acids is 2. The van der Waals surface area contributed by atoms with Crippen LogP contribution in [-0.2, 0) is 38.7 Å². The molecule has 13 heteroatoms. The Morgan fingerprint density at radius 2 is 0.923 bits per heavy atom. The minimum atomic E-state index is -4.60. The minimum absolute atomic E-state index is 0.151. The molecule has 12 nitrogen and oxygen atoms in total. The fourth-order valence-corrected chi connectivity index (χ4v) is 8.87. The average Bonchev–Trinajstić information content (AvgIpc) is 3.27. The van der Waals surface area contributed by atoms with Crippen LogP contribution >= 0.6 is 0 Å². The number of hydrogen-bond donors (Lipinski definition) is 4. The number of aliphatic hydroxyl groups excluding tert-OH is 3. The van der Waals surface area contributed by atoms with E-state index < -0.39 is 71.2 Å². The number of carbonyl (C=O) groups is 2. The zero-order chi connectivity index (χ0) is 47.6. The molecule has 0 spiro atoms. The highest BCUT2D eigenvalue weighted by molar-refractivity contribution is 7.85. The van der Waals surface area contributed by atoms with Gasteiger partial charge in [-0.25, -0.2) is 0 Å². The van der Waals surface area contributed by atoms with Crippen molar-refractivity contribution in [1.82, 2.24) is 0 Å². The van der Waals surface area contributed by atoms with Crippen LogP contribution in [0.5, 0.6) is 0 Å². The van der Waals surface area contributed by atoms with Gasteiger partial charge < -0.3 is 34.3 Å². The fraction of sp³-hybridized carbons (Fsp3) is 0.885. The second-order valence-corrected chi connectivity index (χ2v) is 20.0. The van der Waals surface area contributed by atoms with E-state index in [0.717, 1.165) is 64.2 Å². The lowest BCUT2D eigenvalue weighted by molar-refractivity contribution is -0.297. The molecule has 1 rings (SSSR count). The van der Waals surface area contributed by atoms with E-state index in [-0.39, 0.29) is 19.4 Å². The smallest absolute Gasteiger partial charge is 0.306 e. The topological polar surface area (TPSA) is 186 Å². The highest BCUT2D eigenvalue weighted by atomic mass is 32.2. The number of allylic oxidation sites excluding steroid dienone is 4. The molecule has 0 aromatic carbocycles. The molecule has 0 aromatic heterocycles. The molecule has 0 aromatic rings. The number of hydrogen-bond acceptors (Lipinski definition) is 11. The number of rotatable bonds is 45. The first-order valence-corrected chi connectivity index (χ1v) is 28.0. The normalized spacial score (nSPS) is 19.6. The maximum absolute atomic E-state index is 12.8. The lowest BCUT2D eigenvalue weighted by Crippen LogP contribution is -2.60. The first-order valence-electron chi connectivity index (χ1n) is 26.4. The zero-order valence-electron chi connectivity index (χ0n) is 41.1. The van der Waals surface area contributed by atoms with Crippen LogP contribution in [0.4, 0.5) is 0 Å². The third-order valence-corrected chi connectivity index (χ3v) is 13.0. The molecule has 0 aliphatic carbocycles. The molecule has 1 aliphatic heterocycles. The summed E-state index contributed by atoms with van der Waals surface area (Å²) in [7, 11) is -4.60. The molecular weight excluding hydrogens is 849 g/mol. The molecule has 4 N–H and O–H groups in total. The Kier molecular flexibility index (Phi) is 39.7. The second-order valence-electron chi connectivity index (χ2n) is 18.5. The van der Waals surface area contributed by atoms with Crippen molar-refractivity contribution < 1.29 is 56.8 Å². The minimum Gasteiger partial charge on any atom is -0.462 e. The fourth-order valence-electron chi connectivity index (χ4n) is 8.18. The summed E-state index contributed by atoms with van der Waals surface area (Å²) < 4.78 is 54.2. The van der Waals surface area contributed by atoms with Gasteiger partial charge in [0.25, 0.3) is 10.1 Å². The summed E-state index contributed by atoms with van der Waals surface area (Å²) >= 11 is 0. The van der Waals surface area contributed by atoms with Crippen molar-refractivity contribution in [3.63, 3.8) is 0 Å². The van der Waals surface area contributed by atoms with E-state index in [1.807, 2.05) is 0 Å². The van der Waals surface area contributed by atoms with Gasteiger partial charge in [-0.3, -0.25) is 14.1 Å². The summed E-state index contributed by atoms with van der Waals surface area (Å²) in [6.07, 6.45) is 39.4. The molecule has 65 heavy (non-hydrogen) atoms. The van der Waals surface area contributed by atoms with Crippen LogP contribution in [0.15, 0.2) is 24.3 Å². The van der Waals surface area contributed by atoms with Crippen LogP contribution in [0.1, 0.15) is 239 Å². The molecule has 1 heterocycles. The van der Waals surface area contributed by atoms with Crippen LogP contribution in [0, 0.1) is 0 Å². The monoisotopic (exact) mass is 945 g/mol. The molecule has 0 bridgehead atoms. The summed E-state index contributed by atoms with van der Waals surface area (Å²) in [5.74, 6) is -1.99. The van der Waals surface area contributed by atoms with E-state index in [1.54, 1.807) is 0 Å². The standard InChI is InChI=1S/C52H96O12S/c1-3-5-7-9-11-13-15-17-19-20-21-22-23-24-25-27-28-30-32-34-36-38-40-47(53)61-42-45(43-62-52-51(57)50(56)49(55)46(64-52)44-65(58,59)60)63-48(54)41-39-37-35-33-31-29-26-18-16-14-12-10-8-6-4-2/h12,14,18,26,45-46,49-52,55-57H,3-11,13,15-17,19-25,27-44H2,1-2H3,(H,58,59,60)/b14-12+,26-18+/t45-,46-,49-,50?,51?,52+/m1/s1. The van der Waals surface area contributed by atoms with Crippen molar-refractivity contribution in [2.24, 2.45) is 0 Å². The molecule has 1 fully saturated rings. The van der Waals surface area contributed by atoms with Crippen molar-refractivity contribution in [3.8, 4) is 0 Å². The highest BCUT2D eigenvalue weighted by Crippen LogP contribution is 2.24. The van der Waals surface area contributed by atoms with Gasteiger partial charge in [-0.05, 0) is 44.9 Å². The van der Waals surface area contributed by atoms with E-state index in [9.17, 15) is 37.9 Å². The maximum Gasteiger partial charge on any atom is 0.306 e. The van der Waals surface area contributed by atoms with Crippen molar-refractivity contribution in [2.75, 3.05) is 19.0 Å². The zero-order valence-corrected chi connectivity index (χ0v) is 41.9. The third kappa shape index (κ3) is 36.8. The Labute approximate surface area is 396 Å². The molecule has 1 aliphatic rings. The van der Waals surface area contributed by atoms with Crippen LogP contribution in [0.3, 0.4) is 0 Å². The van der Waals surface area contributed by atoms with Gasteiger partial charge in [0.05, 0.1) is 6.61 Å².